The summed E-state index contributed by atoms with van der Waals surface area (Å²) in [4.78, 5) is 36.2. The summed E-state index contributed by atoms with van der Waals surface area (Å²) in [5.74, 6) is -1.26. The van der Waals surface area contributed by atoms with Crippen molar-refractivity contribution in [3.8, 4) is 22.3 Å². The summed E-state index contributed by atoms with van der Waals surface area (Å²) in [7, 11) is 0. The fourth-order valence-electron chi connectivity index (χ4n) is 5.45. The van der Waals surface area contributed by atoms with Crippen molar-refractivity contribution >= 4 is 23.7 Å². The van der Waals surface area contributed by atoms with Gasteiger partial charge in [-0.1, -0.05) is 84.9 Å². The number of aliphatic carboxylic acids is 1. The number of anilines is 1. The second kappa shape index (κ2) is 10.1. The average molecular weight is 519 g/mol. The molecule has 1 aliphatic heterocycles. The molecule has 6 rings (SSSR count). The minimum atomic E-state index is -1.14. The summed E-state index contributed by atoms with van der Waals surface area (Å²) in [6.07, 6.45) is -0.261. The number of rotatable bonds is 7. The number of carboxylic acids is 1. The van der Waals surface area contributed by atoms with Crippen LogP contribution in [0.1, 0.15) is 28.2 Å². The molecule has 194 valence electrons. The number of carbonyl (C=O) groups excluding carboxylic acids is 2. The van der Waals surface area contributed by atoms with Crippen LogP contribution in [0.2, 0.25) is 0 Å². The van der Waals surface area contributed by atoms with Crippen LogP contribution in [0.25, 0.3) is 22.3 Å². The van der Waals surface area contributed by atoms with Gasteiger partial charge in [0, 0.05) is 18.0 Å². The number of carboxylic acid groups (broad SMARTS) is 1. The van der Waals surface area contributed by atoms with Gasteiger partial charge < -0.3 is 20.5 Å². The van der Waals surface area contributed by atoms with Crippen molar-refractivity contribution in [1.82, 2.24) is 5.32 Å². The SMILES string of the molecule is O=C1Cc2ccc(-c3ccc(C[C@H](NC(=O)OCC4c5ccccc5-c5ccccc54)C(=O)O)cc3)cc2N1. The Bertz CT molecular complexity index is 1550. The lowest BCUT2D eigenvalue weighted by Crippen LogP contribution is -2.42. The van der Waals surface area contributed by atoms with Gasteiger partial charge in [-0.2, -0.15) is 0 Å². The Balaban J connectivity index is 1.09. The van der Waals surface area contributed by atoms with E-state index in [1.807, 2.05) is 78.9 Å². The molecule has 7 heteroatoms. The highest BCUT2D eigenvalue weighted by atomic mass is 16.5. The molecule has 1 aliphatic carbocycles. The summed E-state index contributed by atoms with van der Waals surface area (Å²) in [5, 5.41) is 15.1. The van der Waals surface area contributed by atoms with E-state index in [1.54, 1.807) is 0 Å². The number of hydrogen-bond donors (Lipinski definition) is 3. The molecule has 0 bridgehead atoms. The topological polar surface area (TPSA) is 105 Å². The molecule has 1 heterocycles. The van der Waals surface area contributed by atoms with Crippen LogP contribution >= 0.6 is 0 Å². The van der Waals surface area contributed by atoms with Gasteiger partial charge in [0.25, 0.3) is 0 Å². The number of benzene rings is 4. The largest absolute Gasteiger partial charge is 0.480 e. The summed E-state index contributed by atoms with van der Waals surface area (Å²) < 4.78 is 5.54. The highest BCUT2D eigenvalue weighted by Crippen LogP contribution is 2.44. The lowest BCUT2D eigenvalue weighted by Gasteiger charge is -2.18. The smallest absolute Gasteiger partial charge is 0.407 e. The predicted molar refractivity (Wildman–Crippen MR) is 148 cm³/mol. The quantitative estimate of drug-likeness (QED) is 0.305. The predicted octanol–water partition coefficient (Wildman–Crippen LogP) is 5.38. The van der Waals surface area contributed by atoms with Crippen LogP contribution in [-0.2, 0) is 27.2 Å². The van der Waals surface area contributed by atoms with Gasteiger partial charge in [-0.05, 0) is 50.6 Å². The molecule has 0 saturated carbocycles. The number of ether oxygens (including phenoxy) is 1. The van der Waals surface area contributed by atoms with Gasteiger partial charge in [0.05, 0.1) is 6.42 Å². The van der Waals surface area contributed by atoms with Crippen LogP contribution in [0.3, 0.4) is 0 Å². The monoisotopic (exact) mass is 518 g/mol. The first-order chi connectivity index (χ1) is 19.0. The van der Waals surface area contributed by atoms with E-state index in [4.69, 9.17) is 4.74 Å². The van der Waals surface area contributed by atoms with Crippen molar-refractivity contribution in [2.24, 2.45) is 0 Å². The molecule has 7 nitrogen and oxygen atoms in total. The molecule has 1 atom stereocenters. The summed E-state index contributed by atoms with van der Waals surface area (Å²) >= 11 is 0. The van der Waals surface area contributed by atoms with Crippen LogP contribution < -0.4 is 10.6 Å². The van der Waals surface area contributed by atoms with Gasteiger partial charge in [-0.25, -0.2) is 9.59 Å². The standard InChI is InChI=1S/C32H26N2O5/c35-30-17-22-14-13-21(16-28(22)33-30)20-11-9-19(10-12-20)15-29(31(36)37)34-32(38)39-18-27-25-7-3-1-5-23(25)24-6-2-4-8-26(24)27/h1-14,16,27,29H,15,17-18H2,(H,33,35)(H,34,38)(H,36,37)/t29-/m0/s1. The molecule has 0 spiro atoms. The molecule has 3 N–H and O–H groups in total. The Labute approximate surface area is 225 Å². The molecule has 2 aliphatic rings. The third-order valence-electron chi connectivity index (χ3n) is 7.40. The molecule has 39 heavy (non-hydrogen) atoms. The first kappa shape index (κ1) is 24.4. The van der Waals surface area contributed by atoms with Gasteiger partial charge in [-0.3, -0.25) is 4.79 Å². The molecular weight excluding hydrogens is 492 g/mol. The van der Waals surface area contributed by atoms with E-state index in [2.05, 4.69) is 22.8 Å². The van der Waals surface area contributed by atoms with Crippen LogP contribution in [0, 0.1) is 0 Å². The van der Waals surface area contributed by atoms with Crippen molar-refractivity contribution in [3.63, 3.8) is 0 Å². The van der Waals surface area contributed by atoms with Gasteiger partial charge >= 0.3 is 12.1 Å². The zero-order valence-electron chi connectivity index (χ0n) is 21.0. The first-order valence-corrected chi connectivity index (χ1v) is 12.8. The van der Waals surface area contributed by atoms with E-state index in [9.17, 15) is 19.5 Å². The average Bonchev–Trinajstić information content (AvgIpc) is 3.48. The Kier molecular flexibility index (Phi) is 6.32. The molecule has 0 radical (unpaired) electrons. The number of hydrogen-bond acceptors (Lipinski definition) is 4. The number of amides is 2. The van der Waals surface area contributed by atoms with Crippen molar-refractivity contribution in [3.05, 3.63) is 113 Å². The van der Waals surface area contributed by atoms with E-state index < -0.39 is 18.1 Å². The third-order valence-corrected chi connectivity index (χ3v) is 7.40. The van der Waals surface area contributed by atoms with Crippen LogP contribution in [0.4, 0.5) is 10.5 Å². The zero-order valence-corrected chi connectivity index (χ0v) is 21.0. The maximum atomic E-state index is 12.7. The molecule has 0 unspecified atom stereocenters. The van der Waals surface area contributed by atoms with Gasteiger partial charge in [0.1, 0.15) is 12.6 Å². The number of fused-ring (bicyclic) bond motifs is 4. The molecular formula is C32H26N2O5. The molecule has 0 aromatic heterocycles. The fraction of sp³-hybridized carbons (Fsp3) is 0.156. The third kappa shape index (κ3) is 4.86. The summed E-state index contributed by atoms with van der Waals surface area (Å²) in [6, 6.07) is 28.3. The number of nitrogens with one attached hydrogen (secondary N) is 2. The van der Waals surface area contributed by atoms with Crippen LogP contribution in [0.5, 0.6) is 0 Å². The van der Waals surface area contributed by atoms with E-state index in [0.29, 0.717) is 6.42 Å². The van der Waals surface area contributed by atoms with Gasteiger partial charge in [-0.15, -0.1) is 0 Å². The zero-order chi connectivity index (χ0) is 26.9. The molecule has 0 saturated heterocycles. The normalized spacial score (nSPS) is 14.1. The Hall–Kier alpha value is -4.91. The molecule has 0 fully saturated rings. The Morgan fingerprint density at radius 3 is 2.21 bits per heavy atom. The fourth-order valence-corrected chi connectivity index (χ4v) is 5.45. The molecule has 2 amide bonds. The maximum absolute atomic E-state index is 12.7. The second-order valence-electron chi connectivity index (χ2n) is 9.86. The molecule has 4 aromatic rings. The van der Waals surface area contributed by atoms with E-state index in [-0.39, 0.29) is 24.9 Å². The van der Waals surface area contributed by atoms with Crippen molar-refractivity contribution < 1.29 is 24.2 Å². The maximum Gasteiger partial charge on any atom is 0.407 e. The highest BCUT2D eigenvalue weighted by Gasteiger charge is 2.30. The van der Waals surface area contributed by atoms with Crippen molar-refractivity contribution in [1.29, 1.82) is 0 Å². The van der Waals surface area contributed by atoms with Crippen molar-refractivity contribution in [2.75, 3.05) is 11.9 Å². The van der Waals surface area contributed by atoms with Crippen LogP contribution in [-0.4, -0.2) is 35.7 Å². The Morgan fingerprint density at radius 1 is 0.897 bits per heavy atom. The lowest BCUT2D eigenvalue weighted by molar-refractivity contribution is -0.139. The van der Waals surface area contributed by atoms with Gasteiger partial charge in [0.15, 0.2) is 0 Å². The number of alkyl carbamates (subject to hydrolysis) is 1. The second-order valence-corrected chi connectivity index (χ2v) is 9.86. The van der Waals surface area contributed by atoms with E-state index >= 15 is 0 Å². The van der Waals surface area contributed by atoms with Gasteiger partial charge in [0.2, 0.25) is 5.91 Å². The van der Waals surface area contributed by atoms with Crippen molar-refractivity contribution in [2.45, 2.75) is 24.8 Å². The highest BCUT2D eigenvalue weighted by molar-refractivity contribution is 6.00. The van der Waals surface area contributed by atoms with E-state index in [0.717, 1.165) is 50.2 Å². The number of carbonyl (C=O) groups is 3. The minimum Gasteiger partial charge on any atom is -0.480 e. The first-order valence-electron chi connectivity index (χ1n) is 12.8. The lowest BCUT2D eigenvalue weighted by atomic mass is 9.98. The minimum absolute atomic E-state index is 0.0129. The van der Waals surface area contributed by atoms with E-state index in [1.165, 1.54) is 0 Å². The summed E-state index contributed by atoms with van der Waals surface area (Å²) in [5.41, 5.74) is 8.88. The Morgan fingerprint density at radius 2 is 1.54 bits per heavy atom. The molecule has 4 aromatic carbocycles. The summed E-state index contributed by atoms with van der Waals surface area (Å²) in [6.45, 7) is 0.113. The van der Waals surface area contributed by atoms with Crippen LogP contribution in [0.15, 0.2) is 91.0 Å².